The summed E-state index contributed by atoms with van der Waals surface area (Å²) in [5.74, 6) is 1.45. The van der Waals surface area contributed by atoms with Crippen molar-refractivity contribution < 1.29 is 24.1 Å². The van der Waals surface area contributed by atoms with Gasteiger partial charge in [-0.25, -0.2) is 0 Å². The van der Waals surface area contributed by atoms with Crippen LogP contribution in [0.15, 0.2) is 54.6 Å². The van der Waals surface area contributed by atoms with E-state index in [1.54, 1.807) is 0 Å². The highest BCUT2D eigenvalue weighted by atomic mass is 16.5. The first-order valence-electron chi connectivity index (χ1n) is 11.1. The number of aliphatic hydroxyl groups is 1. The number of piperidine rings is 1. The van der Waals surface area contributed by atoms with Crippen LogP contribution >= 0.6 is 0 Å². The number of benzene rings is 2. The third kappa shape index (κ3) is 6.45. The van der Waals surface area contributed by atoms with Crippen molar-refractivity contribution in [3.05, 3.63) is 60.2 Å². The molecule has 3 rings (SSSR count). The number of hydrogen-bond acceptors (Lipinski definition) is 6. The number of ether oxygens (including phenoxy) is 3. The van der Waals surface area contributed by atoms with Crippen LogP contribution in [0.1, 0.15) is 31.7 Å². The number of likely N-dealkylation sites (tertiary alicyclic amines) is 1. The Morgan fingerprint density at radius 2 is 1.84 bits per heavy atom. The molecular formula is C25H33NO5. The van der Waals surface area contributed by atoms with Crippen LogP contribution in [0.25, 0.3) is 0 Å². The van der Waals surface area contributed by atoms with E-state index in [1.165, 1.54) is 0 Å². The third-order valence-corrected chi connectivity index (χ3v) is 5.67. The molecule has 31 heavy (non-hydrogen) atoms. The van der Waals surface area contributed by atoms with Crippen molar-refractivity contribution in [2.24, 2.45) is 5.41 Å². The van der Waals surface area contributed by atoms with Crippen LogP contribution in [0, 0.1) is 5.41 Å². The Hall–Kier alpha value is -2.57. The molecular weight excluding hydrogens is 394 g/mol. The fraction of sp³-hybridized carbons (Fsp3) is 0.480. The fourth-order valence-electron chi connectivity index (χ4n) is 4.17. The minimum atomic E-state index is -0.579. The van der Waals surface area contributed by atoms with Crippen molar-refractivity contribution in [2.75, 3.05) is 39.5 Å². The van der Waals surface area contributed by atoms with Gasteiger partial charge in [0.15, 0.2) is 0 Å². The zero-order valence-electron chi connectivity index (χ0n) is 18.3. The molecule has 0 saturated carbocycles. The van der Waals surface area contributed by atoms with Gasteiger partial charge in [0.2, 0.25) is 0 Å². The summed E-state index contributed by atoms with van der Waals surface area (Å²) >= 11 is 0. The molecule has 1 aliphatic heterocycles. The summed E-state index contributed by atoms with van der Waals surface area (Å²) in [5.41, 5.74) is 0.473. The van der Waals surface area contributed by atoms with Gasteiger partial charge < -0.3 is 19.3 Å². The Bertz CT molecular complexity index is 813. The van der Waals surface area contributed by atoms with Crippen LogP contribution in [0.4, 0.5) is 0 Å². The van der Waals surface area contributed by atoms with Gasteiger partial charge in [-0.05, 0) is 50.9 Å². The Balaban J connectivity index is 1.69. The predicted octanol–water partition coefficient (Wildman–Crippen LogP) is 3.67. The van der Waals surface area contributed by atoms with Gasteiger partial charge in [0.25, 0.3) is 0 Å². The maximum Gasteiger partial charge on any atom is 0.313 e. The average molecular weight is 428 g/mol. The smallest absolute Gasteiger partial charge is 0.313 e. The first-order chi connectivity index (χ1) is 15.2. The van der Waals surface area contributed by atoms with Crippen molar-refractivity contribution in [1.29, 1.82) is 0 Å². The summed E-state index contributed by atoms with van der Waals surface area (Å²) in [5, 5.41) is 9.09. The maximum atomic E-state index is 13.0. The van der Waals surface area contributed by atoms with Crippen LogP contribution in [-0.2, 0) is 16.1 Å². The van der Waals surface area contributed by atoms with Gasteiger partial charge >= 0.3 is 5.97 Å². The highest BCUT2D eigenvalue weighted by Crippen LogP contribution is 2.36. The van der Waals surface area contributed by atoms with E-state index in [0.717, 1.165) is 36.4 Å². The Kier molecular flexibility index (Phi) is 8.74. The number of carbonyl (C=O) groups excluding carboxylic acids is 1. The zero-order chi connectivity index (χ0) is 21.9. The number of esters is 1. The molecule has 0 aromatic heterocycles. The van der Waals surface area contributed by atoms with Crippen molar-refractivity contribution >= 4 is 5.97 Å². The first-order valence-corrected chi connectivity index (χ1v) is 11.1. The summed E-state index contributed by atoms with van der Waals surface area (Å²) < 4.78 is 17.1. The van der Waals surface area contributed by atoms with Crippen molar-refractivity contribution in [2.45, 2.75) is 32.7 Å². The monoisotopic (exact) mass is 427 g/mol. The van der Waals surface area contributed by atoms with E-state index in [1.807, 2.05) is 61.5 Å². The van der Waals surface area contributed by atoms with Gasteiger partial charge in [-0.2, -0.15) is 0 Å². The van der Waals surface area contributed by atoms with E-state index in [9.17, 15) is 4.79 Å². The summed E-state index contributed by atoms with van der Waals surface area (Å²) in [6, 6.07) is 17.5. The number of nitrogens with zero attached hydrogens (tertiary/aromatic N) is 1. The normalized spacial score (nSPS) is 19.0. The topological polar surface area (TPSA) is 68.2 Å². The average Bonchev–Trinajstić information content (AvgIpc) is 2.79. The van der Waals surface area contributed by atoms with E-state index < -0.39 is 5.41 Å². The van der Waals surface area contributed by atoms with Crippen LogP contribution in [0.5, 0.6) is 11.5 Å². The summed E-state index contributed by atoms with van der Waals surface area (Å²) in [4.78, 5) is 15.3. The lowest BCUT2D eigenvalue weighted by molar-refractivity contribution is -0.160. The second kappa shape index (κ2) is 11.7. The lowest BCUT2D eigenvalue weighted by Gasteiger charge is -2.41. The minimum absolute atomic E-state index is 0.0224. The molecule has 0 spiro atoms. The molecule has 1 saturated heterocycles. The van der Waals surface area contributed by atoms with Gasteiger partial charge in [0.05, 0.1) is 25.2 Å². The van der Waals surface area contributed by atoms with Crippen molar-refractivity contribution in [1.82, 2.24) is 4.90 Å². The van der Waals surface area contributed by atoms with Crippen LogP contribution in [-0.4, -0.2) is 55.5 Å². The van der Waals surface area contributed by atoms with E-state index in [2.05, 4.69) is 4.90 Å². The second-order valence-corrected chi connectivity index (χ2v) is 7.91. The molecule has 1 fully saturated rings. The fourth-order valence-corrected chi connectivity index (χ4v) is 4.17. The number of para-hydroxylation sites is 2. The molecule has 0 radical (unpaired) electrons. The maximum absolute atomic E-state index is 13.0. The van der Waals surface area contributed by atoms with Gasteiger partial charge in [-0.3, -0.25) is 9.69 Å². The number of hydrogen-bond donors (Lipinski definition) is 1. The van der Waals surface area contributed by atoms with Gasteiger partial charge in [-0.15, -0.1) is 0 Å². The molecule has 1 aliphatic rings. The highest BCUT2D eigenvalue weighted by Gasteiger charge is 2.43. The third-order valence-electron chi connectivity index (χ3n) is 5.67. The molecule has 6 heteroatoms. The quantitative estimate of drug-likeness (QED) is 0.552. The number of carbonyl (C=O) groups is 1. The van der Waals surface area contributed by atoms with Gasteiger partial charge in [0, 0.05) is 18.7 Å². The Labute approximate surface area is 184 Å². The van der Waals surface area contributed by atoms with Gasteiger partial charge in [-0.1, -0.05) is 36.4 Å². The van der Waals surface area contributed by atoms with Crippen LogP contribution < -0.4 is 9.47 Å². The molecule has 0 unspecified atom stereocenters. The van der Waals surface area contributed by atoms with E-state index >= 15 is 0 Å². The molecule has 0 bridgehead atoms. The molecule has 0 amide bonds. The minimum Gasteiger partial charge on any atom is -0.494 e. The molecule has 1 N–H and O–H groups in total. The summed E-state index contributed by atoms with van der Waals surface area (Å²) in [6.07, 6.45) is 2.33. The molecule has 0 aliphatic carbocycles. The van der Waals surface area contributed by atoms with Crippen molar-refractivity contribution in [3.8, 4) is 11.5 Å². The SMILES string of the molecule is CCOC(=O)[C@@]1(CCOc2ccccc2)CCCN(Cc2ccccc2OCCO)C1. The Morgan fingerprint density at radius 3 is 2.61 bits per heavy atom. The molecule has 168 valence electrons. The summed E-state index contributed by atoms with van der Waals surface area (Å²) in [6.45, 7) is 5.15. The van der Waals surface area contributed by atoms with E-state index in [4.69, 9.17) is 19.3 Å². The van der Waals surface area contributed by atoms with Crippen LogP contribution in [0.2, 0.25) is 0 Å². The molecule has 6 nitrogen and oxygen atoms in total. The molecule has 1 atom stereocenters. The predicted molar refractivity (Wildman–Crippen MR) is 119 cm³/mol. The van der Waals surface area contributed by atoms with Gasteiger partial charge in [0.1, 0.15) is 18.1 Å². The standard InChI is InChI=1S/C25H33NO5/c1-2-29-24(28)25(14-17-30-22-10-4-3-5-11-22)13-8-15-26(20-25)19-21-9-6-7-12-23(21)31-18-16-27/h3-7,9-12,27H,2,8,13-20H2,1H3/t25-/m1/s1. The molecule has 1 heterocycles. The molecule has 2 aromatic rings. The van der Waals surface area contributed by atoms with Crippen LogP contribution in [0.3, 0.4) is 0 Å². The highest BCUT2D eigenvalue weighted by molar-refractivity contribution is 5.77. The zero-order valence-corrected chi connectivity index (χ0v) is 18.3. The number of aliphatic hydroxyl groups excluding tert-OH is 1. The molecule has 2 aromatic carbocycles. The number of rotatable bonds is 11. The summed E-state index contributed by atoms with van der Waals surface area (Å²) in [7, 11) is 0. The first kappa shape index (κ1) is 23.1. The lowest BCUT2D eigenvalue weighted by atomic mass is 9.77. The second-order valence-electron chi connectivity index (χ2n) is 7.91. The Morgan fingerprint density at radius 1 is 1.06 bits per heavy atom. The van der Waals surface area contributed by atoms with Crippen molar-refractivity contribution in [3.63, 3.8) is 0 Å². The van der Waals surface area contributed by atoms with E-state index in [0.29, 0.717) is 32.7 Å². The largest absolute Gasteiger partial charge is 0.494 e. The lowest BCUT2D eigenvalue weighted by Crippen LogP contribution is -2.49. The van der Waals surface area contributed by atoms with E-state index in [-0.39, 0.29) is 19.2 Å².